The van der Waals surface area contributed by atoms with Gasteiger partial charge in [-0.25, -0.2) is 4.39 Å². The molecule has 2 aliphatic heterocycles. The van der Waals surface area contributed by atoms with Gasteiger partial charge in [0.1, 0.15) is 11.4 Å². The molecular formula is C31H39FN4O2. The van der Waals surface area contributed by atoms with E-state index in [9.17, 15) is 14.3 Å². The second kappa shape index (κ2) is 11.0. The third kappa shape index (κ3) is 5.15. The van der Waals surface area contributed by atoms with Gasteiger partial charge >= 0.3 is 0 Å². The zero-order chi connectivity index (χ0) is 26.9. The van der Waals surface area contributed by atoms with E-state index in [0.29, 0.717) is 32.6 Å². The number of anilines is 1. The van der Waals surface area contributed by atoms with Crippen molar-refractivity contribution in [3.63, 3.8) is 0 Å². The number of piperidine rings is 1. The summed E-state index contributed by atoms with van der Waals surface area (Å²) in [6.45, 7) is 8.69. The summed E-state index contributed by atoms with van der Waals surface area (Å²) in [5.41, 5.74) is 2.76. The van der Waals surface area contributed by atoms with Crippen molar-refractivity contribution >= 4 is 22.4 Å². The fourth-order valence-electron chi connectivity index (χ4n) is 6.23. The number of aliphatic hydroxyl groups excluding tert-OH is 1. The van der Waals surface area contributed by atoms with Crippen LogP contribution in [0.4, 0.5) is 10.1 Å². The minimum absolute atomic E-state index is 0.0701. The number of aliphatic hydroxyl groups is 1. The van der Waals surface area contributed by atoms with Crippen LogP contribution in [-0.4, -0.2) is 83.8 Å². The summed E-state index contributed by atoms with van der Waals surface area (Å²) >= 11 is 0. The topological polar surface area (TPSA) is 50.3 Å². The van der Waals surface area contributed by atoms with Gasteiger partial charge < -0.3 is 19.8 Å². The highest BCUT2D eigenvalue weighted by Gasteiger charge is 2.53. The van der Waals surface area contributed by atoms with Gasteiger partial charge in [-0.2, -0.15) is 0 Å². The van der Waals surface area contributed by atoms with Crippen molar-refractivity contribution in [3.05, 3.63) is 77.6 Å². The average Bonchev–Trinajstić information content (AvgIpc) is 3.16. The molecule has 2 aliphatic rings. The molecule has 1 N–H and O–H groups in total. The van der Waals surface area contributed by atoms with Gasteiger partial charge in [-0.1, -0.05) is 43.3 Å². The normalized spacial score (nSPS) is 18.7. The highest BCUT2D eigenvalue weighted by atomic mass is 19.1. The number of nitrogens with zero attached hydrogens (tertiary/aromatic N) is 4. The summed E-state index contributed by atoms with van der Waals surface area (Å²) < 4.78 is 13.7. The zero-order valence-corrected chi connectivity index (χ0v) is 22.7. The van der Waals surface area contributed by atoms with Crippen LogP contribution in [0.1, 0.15) is 30.9 Å². The van der Waals surface area contributed by atoms with Crippen LogP contribution in [-0.2, 0) is 11.3 Å². The lowest BCUT2D eigenvalue weighted by Crippen LogP contribution is -2.56. The second-order valence-electron chi connectivity index (χ2n) is 11.0. The Balaban J connectivity index is 1.36. The summed E-state index contributed by atoms with van der Waals surface area (Å²) in [7, 11) is 1.97. The number of fused-ring (bicyclic) bond motifs is 1. The number of hydrogen-bond acceptors (Lipinski definition) is 5. The number of carbonyl (C=O) groups excluding carboxylic acids is 1. The van der Waals surface area contributed by atoms with Crippen LogP contribution in [0.2, 0.25) is 0 Å². The number of halogens is 1. The van der Waals surface area contributed by atoms with Gasteiger partial charge in [0.05, 0.1) is 12.8 Å². The van der Waals surface area contributed by atoms with E-state index in [2.05, 4.69) is 53.1 Å². The number of carbonyl (C=O) groups is 1. The van der Waals surface area contributed by atoms with Crippen molar-refractivity contribution in [2.45, 2.75) is 44.9 Å². The molecule has 1 amide bonds. The first-order chi connectivity index (χ1) is 18.3. The summed E-state index contributed by atoms with van der Waals surface area (Å²) in [5.74, 6) is -0.218. The Hall–Kier alpha value is -3.00. The Bertz CT molecular complexity index is 1270. The lowest BCUT2D eigenvalue weighted by atomic mass is 9.85. The van der Waals surface area contributed by atoms with E-state index in [1.165, 1.54) is 34.0 Å². The van der Waals surface area contributed by atoms with Gasteiger partial charge in [-0.3, -0.25) is 9.69 Å². The molecule has 3 aromatic carbocycles. The molecular weight excluding hydrogens is 479 g/mol. The van der Waals surface area contributed by atoms with Crippen molar-refractivity contribution in [2.75, 3.05) is 51.3 Å². The lowest BCUT2D eigenvalue weighted by Gasteiger charge is -2.43. The molecule has 7 heteroatoms. The summed E-state index contributed by atoms with van der Waals surface area (Å²) in [6, 6.07) is 19.4. The smallest absolute Gasteiger partial charge is 0.250 e. The molecule has 2 fully saturated rings. The van der Waals surface area contributed by atoms with Crippen molar-refractivity contribution in [3.8, 4) is 0 Å². The van der Waals surface area contributed by atoms with Crippen LogP contribution in [0.3, 0.4) is 0 Å². The van der Waals surface area contributed by atoms with Crippen molar-refractivity contribution in [1.29, 1.82) is 0 Å². The van der Waals surface area contributed by atoms with Gasteiger partial charge in [0.15, 0.2) is 0 Å². The number of benzene rings is 3. The number of amides is 1. The minimum Gasteiger partial charge on any atom is -0.390 e. The predicted molar refractivity (Wildman–Crippen MR) is 151 cm³/mol. The highest BCUT2D eigenvalue weighted by molar-refractivity contribution is 5.93. The number of likely N-dealkylation sites (N-methyl/N-ethyl adjacent to an activating group) is 1. The maximum atomic E-state index is 14.0. The first kappa shape index (κ1) is 26.6. The second-order valence-corrected chi connectivity index (χ2v) is 11.0. The summed E-state index contributed by atoms with van der Waals surface area (Å²) in [4.78, 5) is 22.4. The standard InChI is InChI=1S/C31H39FN4O2/c1-4-33(3)20-28(37)21-35-22-36(27-13-11-26(32)12-14-27)31(30(35)38)15-17-34(18-16-31)19-25-10-6-9-24-8-5-7-23(2)29(24)25/h5-14,28,37H,4,15-22H2,1-3H3. The Morgan fingerprint density at radius 3 is 2.42 bits per heavy atom. The van der Waals surface area contributed by atoms with Crippen molar-refractivity contribution in [1.82, 2.24) is 14.7 Å². The molecule has 2 saturated heterocycles. The first-order valence-corrected chi connectivity index (χ1v) is 13.7. The zero-order valence-electron chi connectivity index (χ0n) is 22.7. The van der Waals surface area contributed by atoms with E-state index in [0.717, 1.165) is 31.9 Å². The molecule has 6 nitrogen and oxygen atoms in total. The van der Waals surface area contributed by atoms with Gasteiger partial charge in [-0.05, 0) is 79.5 Å². The van der Waals surface area contributed by atoms with Crippen LogP contribution in [0.15, 0.2) is 60.7 Å². The van der Waals surface area contributed by atoms with E-state index in [1.807, 2.05) is 18.9 Å². The number of hydrogen-bond donors (Lipinski definition) is 1. The van der Waals surface area contributed by atoms with Crippen LogP contribution < -0.4 is 4.90 Å². The highest BCUT2D eigenvalue weighted by Crippen LogP contribution is 2.40. The van der Waals surface area contributed by atoms with E-state index in [4.69, 9.17) is 0 Å². The van der Waals surface area contributed by atoms with Crippen LogP contribution >= 0.6 is 0 Å². The van der Waals surface area contributed by atoms with E-state index in [-0.39, 0.29) is 11.7 Å². The average molecular weight is 519 g/mol. The number of β-amino-alcohol motifs (C(OH)–C–C–N with tert-alkyl or cyclic N) is 1. The third-order valence-electron chi connectivity index (χ3n) is 8.42. The Labute approximate surface area is 225 Å². The van der Waals surface area contributed by atoms with E-state index in [1.54, 1.807) is 17.0 Å². The number of likely N-dealkylation sites (tertiary alicyclic amines) is 1. The van der Waals surface area contributed by atoms with E-state index >= 15 is 0 Å². The minimum atomic E-state index is -0.681. The largest absolute Gasteiger partial charge is 0.390 e. The van der Waals surface area contributed by atoms with Crippen molar-refractivity contribution < 1.29 is 14.3 Å². The molecule has 0 saturated carbocycles. The van der Waals surface area contributed by atoms with Gasteiger partial charge in [0.2, 0.25) is 5.91 Å². The van der Waals surface area contributed by atoms with Gasteiger partial charge in [-0.15, -0.1) is 0 Å². The summed E-state index contributed by atoms with van der Waals surface area (Å²) in [6.07, 6.45) is 0.756. The number of aryl methyl sites for hydroxylation is 1. The van der Waals surface area contributed by atoms with Crippen LogP contribution in [0.5, 0.6) is 0 Å². The maximum absolute atomic E-state index is 14.0. The maximum Gasteiger partial charge on any atom is 0.250 e. The lowest BCUT2D eigenvalue weighted by molar-refractivity contribution is -0.134. The third-order valence-corrected chi connectivity index (χ3v) is 8.42. The van der Waals surface area contributed by atoms with Gasteiger partial charge in [0.25, 0.3) is 0 Å². The van der Waals surface area contributed by atoms with Crippen LogP contribution in [0, 0.1) is 12.7 Å². The molecule has 1 atom stereocenters. The quantitative estimate of drug-likeness (QED) is 0.484. The molecule has 38 heavy (non-hydrogen) atoms. The molecule has 202 valence electrons. The summed E-state index contributed by atoms with van der Waals surface area (Å²) in [5, 5.41) is 13.3. The molecule has 1 unspecified atom stereocenters. The van der Waals surface area contributed by atoms with Crippen LogP contribution in [0.25, 0.3) is 10.8 Å². The van der Waals surface area contributed by atoms with Gasteiger partial charge in [0, 0.05) is 38.4 Å². The predicted octanol–water partition coefficient (Wildman–Crippen LogP) is 4.24. The molecule has 3 aromatic rings. The molecule has 2 heterocycles. The molecule has 0 aliphatic carbocycles. The monoisotopic (exact) mass is 518 g/mol. The molecule has 0 aromatic heterocycles. The Morgan fingerprint density at radius 1 is 1.05 bits per heavy atom. The Morgan fingerprint density at radius 2 is 1.74 bits per heavy atom. The molecule has 5 rings (SSSR count). The van der Waals surface area contributed by atoms with Crippen molar-refractivity contribution in [2.24, 2.45) is 0 Å². The molecule has 1 spiro atoms. The molecule has 0 bridgehead atoms. The fourth-order valence-corrected chi connectivity index (χ4v) is 6.23. The first-order valence-electron chi connectivity index (χ1n) is 13.7. The Kier molecular flexibility index (Phi) is 7.70. The SMILES string of the molecule is CCN(C)CC(O)CN1CN(c2ccc(F)cc2)C2(CCN(Cc3cccc4cccc(C)c34)CC2)C1=O. The number of rotatable bonds is 8. The fraction of sp³-hybridized carbons (Fsp3) is 0.452. The molecule has 0 radical (unpaired) electrons. The van der Waals surface area contributed by atoms with E-state index < -0.39 is 11.6 Å².